The van der Waals surface area contributed by atoms with E-state index in [-0.39, 0.29) is 0 Å². The normalized spacial score (nSPS) is 14.9. The van der Waals surface area contributed by atoms with Crippen LogP contribution >= 0.6 is 0 Å². The molecule has 4 rings (SSSR count). The van der Waals surface area contributed by atoms with Crippen molar-refractivity contribution in [1.29, 1.82) is 0 Å². The molecule has 1 heteroatoms. The number of aromatic hydroxyl groups is 1. The van der Waals surface area contributed by atoms with Gasteiger partial charge in [0.05, 0.1) is 0 Å². The van der Waals surface area contributed by atoms with Crippen molar-refractivity contribution in [2.45, 2.75) is 19.3 Å². The van der Waals surface area contributed by atoms with Crippen molar-refractivity contribution in [2.24, 2.45) is 0 Å². The Morgan fingerprint density at radius 3 is 2.18 bits per heavy atom. The van der Waals surface area contributed by atoms with E-state index in [0.717, 1.165) is 19.3 Å². The highest BCUT2D eigenvalue weighted by Gasteiger charge is 2.09. The lowest BCUT2D eigenvalue weighted by Gasteiger charge is -2.14. The number of rotatable bonds is 5. The van der Waals surface area contributed by atoms with Crippen molar-refractivity contribution in [3.63, 3.8) is 0 Å². The summed E-state index contributed by atoms with van der Waals surface area (Å²) < 4.78 is 0. The van der Waals surface area contributed by atoms with Crippen LogP contribution < -0.4 is 0 Å². The largest absolute Gasteiger partial charge is 0.508 e. The fourth-order valence-corrected chi connectivity index (χ4v) is 3.60. The Labute approximate surface area is 167 Å². The summed E-state index contributed by atoms with van der Waals surface area (Å²) in [6.45, 7) is 0. The molecule has 0 heterocycles. The lowest BCUT2D eigenvalue weighted by Crippen LogP contribution is -1.92. The van der Waals surface area contributed by atoms with Gasteiger partial charge in [-0.25, -0.2) is 0 Å². The third kappa shape index (κ3) is 4.32. The van der Waals surface area contributed by atoms with E-state index in [2.05, 4.69) is 78.9 Å². The Kier molecular flexibility index (Phi) is 5.53. The van der Waals surface area contributed by atoms with Gasteiger partial charge in [-0.15, -0.1) is 0 Å². The number of benzene rings is 3. The highest BCUT2D eigenvalue weighted by atomic mass is 16.3. The summed E-state index contributed by atoms with van der Waals surface area (Å²) in [5.41, 5.74) is 7.71. The van der Waals surface area contributed by atoms with Gasteiger partial charge in [-0.2, -0.15) is 0 Å². The van der Waals surface area contributed by atoms with E-state index in [0.29, 0.717) is 5.75 Å². The first kappa shape index (κ1) is 18.1. The first-order valence-electron chi connectivity index (χ1n) is 9.79. The zero-order valence-electron chi connectivity index (χ0n) is 15.9. The lowest BCUT2D eigenvalue weighted by molar-refractivity contribution is 0.475. The predicted octanol–water partition coefficient (Wildman–Crippen LogP) is 6.96. The minimum absolute atomic E-state index is 0.325. The molecule has 0 unspecified atom stereocenters. The van der Waals surface area contributed by atoms with Crippen molar-refractivity contribution < 1.29 is 5.11 Å². The monoisotopic (exact) mass is 364 g/mol. The van der Waals surface area contributed by atoms with Crippen LogP contribution in [0.2, 0.25) is 0 Å². The molecule has 0 aromatic heterocycles. The molecule has 1 nitrogen and oxygen atoms in total. The fourth-order valence-electron chi connectivity index (χ4n) is 3.60. The Morgan fingerprint density at radius 1 is 0.750 bits per heavy atom. The van der Waals surface area contributed by atoms with Crippen LogP contribution in [0.5, 0.6) is 5.75 Å². The van der Waals surface area contributed by atoms with E-state index < -0.39 is 0 Å². The molecule has 1 N–H and O–H groups in total. The average Bonchev–Trinajstić information content (AvgIpc) is 2.76. The van der Waals surface area contributed by atoms with E-state index in [1.54, 1.807) is 12.1 Å². The van der Waals surface area contributed by atoms with E-state index >= 15 is 0 Å². The second-order valence-corrected chi connectivity index (χ2v) is 7.09. The number of hydrogen-bond acceptors (Lipinski definition) is 1. The van der Waals surface area contributed by atoms with E-state index in [4.69, 9.17) is 0 Å². The van der Waals surface area contributed by atoms with Crippen molar-refractivity contribution >= 4 is 5.57 Å². The molecule has 1 aliphatic rings. The molecule has 0 saturated carbocycles. The molecule has 138 valence electrons. The molecule has 0 aliphatic heterocycles. The molecule has 0 atom stereocenters. The van der Waals surface area contributed by atoms with Crippen molar-refractivity contribution in [1.82, 2.24) is 0 Å². The molecule has 0 saturated heterocycles. The highest BCUT2D eigenvalue weighted by Crippen LogP contribution is 2.32. The van der Waals surface area contributed by atoms with Gasteiger partial charge < -0.3 is 5.11 Å². The minimum Gasteiger partial charge on any atom is -0.508 e. The molecular weight excluding hydrogens is 340 g/mol. The zero-order valence-corrected chi connectivity index (χ0v) is 15.9. The maximum Gasteiger partial charge on any atom is 0.115 e. The molecule has 0 fully saturated rings. The Hall–Kier alpha value is -3.32. The number of phenols is 1. The SMILES string of the molecule is Oc1ccc(CCC=C2C=CC(c3ccccc3-c3ccccc3)=CC2)cc1. The second-order valence-electron chi connectivity index (χ2n) is 7.09. The summed E-state index contributed by atoms with van der Waals surface area (Å²) in [7, 11) is 0. The quantitative estimate of drug-likeness (QED) is 0.519. The van der Waals surface area contributed by atoms with Crippen LogP contribution in [0, 0.1) is 0 Å². The van der Waals surface area contributed by atoms with Crippen LogP contribution in [-0.4, -0.2) is 5.11 Å². The van der Waals surface area contributed by atoms with Crippen molar-refractivity contribution in [3.05, 3.63) is 120 Å². The number of allylic oxidation sites excluding steroid dienone is 6. The first-order chi connectivity index (χ1) is 13.8. The van der Waals surface area contributed by atoms with Gasteiger partial charge in [-0.05, 0) is 64.8 Å². The molecule has 0 spiro atoms. The van der Waals surface area contributed by atoms with Gasteiger partial charge in [-0.1, -0.05) is 91.0 Å². The van der Waals surface area contributed by atoms with Gasteiger partial charge in [0, 0.05) is 0 Å². The van der Waals surface area contributed by atoms with Gasteiger partial charge in [-0.3, -0.25) is 0 Å². The molecule has 3 aromatic carbocycles. The van der Waals surface area contributed by atoms with Gasteiger partial charge >= 0.3 is 0 Å². The van der Waals surface area contributed by atoms with E-state index in [9.17, 15) is 5.11 Å². The summed E-state index contributed by atoms with van der Waals surface area (Å²) in [5.74, 6) is 0.325. The summed E-state index contributed by atoms with van der Waals surface area (Å²) in [5, 5.41) is 9.37. The highest BCUT2D eigenvalue weighted by molar-refractivity contribution is 5.86. The minimum atomic E-state index is 0.325. The summed E-state index contributed by atoms with van der Waals surface area (Å²) in [4.78, 5) is 0. The average molecular weight is 364 g/mol. The van der Waals surface area contributed by atoms with Crippen LogP contribution in [0.1, 0.15) is 24.0 Å². The molecule has 1 aliphatic carbocycles. The molecule has 28 heavy (non-hydrogen) atoms. The molecule has 0 bridgehead atoms. The molecule has 3 aromatic rings. The number of phenolic OH excluding ortho intramolecular Hbond substituents is 1. The summed E-state index contributed by atoms with van der Waals surface area (Å²) in [6.07, 6.45) is 12.1. The van der Waals surface area contributed by atoms with Crippen molar-refractivity contribution in [2.75, 3.05) is 0 Å². The van der Waals surface area contributed by atoms with E-state index in [1.165, 1.54) is 33.4 Å². The maximum atomic E-state index is 9.37. The first-order valence-corrected chi connectivity index (χ1v) is 9.79. The molecule has 0 amide bonds. The van der Waals surface area contributed by atoms with Crippen LogP contribution in [0.25, 0.3) is 16.7 Å². The Balaban J connectivity index is 1.45. The van der Waals surface area contributed by atoms with Gasteiger partial charge in [0.2, 0.25) is 0 Å². The van der Waals surface area contributed by atoms with Crippen LogP contribution in [-0.2, 0) is 6.42 Å². The van der Waals surface area contributed by atoms with Crippen LogP contribution in [0.3, 0.4) is 0 Å². The van der Waals surface area contributed by atoms with Crippen LogP contribution in [0.15, 0.2) is 109 Å². The Morgan fingerprint density at radius 2 is 1.46 bits per heavy atom. The van der Waals surface area contributed by atoms with Gasteiger partial charge in [0.25, 0.3) is 0 Å². The number of aryl methyl sites for hydroxylation is 1. The lowest BCUT2D eigenvalue weighted by atomic mass is 9.90. The van der Waals surface area contributed by atoms with E-state index in [1.807, 2.05) is 12.1 Å². The Bertz CT molecular complexity index is 1020. The summed E-state index contributed by atoms with van der Waals surface area (Å²) >= 11 is 0. The second kappa shape index (κ2) is 8.58. The fraction of sp³-hybridized carbons (Fsp3) is 0.111. The topological polar surface area (TPSA) is 20.2 Å². The van der Waals surface area contributed by atoms with Gasteiger partial charge in [0.1, 0.15) is 5.75 Å². The van der Waals surface area contributed by atoms with Crippen molar-refractivity contribution in [3.8, 4) is 16.9 Å². The predicted molar refractivity (Wildman–Crippen MR) is 118 cm³/mol. The molecule has 0 radical (unpaired) electrons. The zero-order chi connectivity index (χ0) is 19.2. The summed E-state index contributed by atoms with van der Waals surface area (Å²) in [6, 6.07) is 26.7. The smallest absolute Gasteiger partial charge is 0.115 e. The molecular formula is C27H24O. The standard InChI is InChI=1S/C27H24O/c28-25-19-15-22(16-20-25)8-6-7-21-13-17-24(18-14-21)27-12-5-4-11-26(27)23-9-2-1-3-10-23/h1-5,7,9-13,15-20,28H,6,8,14H2. The third-order valence-corrected chi connectivity index (χ3v) is 5.13. The third-order valence-electron chi connectivity index (χ3n) is 5.13. The number of hydrogen-bond donors (Lipinski definition) is 1. The van der Waals surface area contributed by atoms with Crippen LogP contribution in [0.4, 0.5) is 0 Å². The van der Waals surface area contributed by atoms with Gasteiger partial charge in [0.15, 0.2) is 0 Å². The maximum absolute atomic E-state index is 9.37.